The Morgan fingerprint density at radius 2 is 1.30 bits per heavy atom. The first-order valence-corrected chi connectivity index (χ1v) is 24.6. The molecule has 0 aliphatic carbocycles. The Labute approximate surface area is 343 Å². The van der Waals surface area contributed by atoms with E-state index in [2.05, 4.69) is 192 Å². The van der Waals surface area contributed by atoms with Crippen molar-refractivity contribution in [2.45, 2.75) is 105 Å². The smallest absolute Gasteiger partial charge is 0.237 e. The van der Waals surface area contributed by atoms with E-state index in [-0.39, 0.29) is 16.9 Å². The van der Waals surface area contributed by atoms with Crippen LogP contribution >= 0.6 is 0 Å². The van der Waals surface area contributed by atoms with Gasteiger partial charge in [-0.05, 0) is 83.0 Å². The topological polar surface area (TPSA) is 20.6 Å². The molecular weight excluding hydrogens is 707 g/mol. The maximum absolute atomic E-state index is 5.57. The predicted octanol–water partition coefficient (Wildman–Crippen LogP) is 12.2. The zero-order valence-corrected chi connectivity index (χ0v) is 36.8. The Bertz CT molecular complexity index is 2460. The maximum Gasteiger partial charge on any atom is 0.237 e. The van der Waals surface area contributed by atoms with Gasteiger partial charge < -0.3 is 0 Å². The fraction of sp³-hybridized carbons (Fsp3) is 0.340. The molecule has 2 unspecified atom stereocenters. The second-order valence-electron chi connectivity index (χ2n) is 20.2. The third-order valence-electron chi connectivity index (χ3n) is 12.0. The summed E-state index contributed by atoms with van der Waals surface area (Å²) in [5.74, 6) is 0.316. The number of nitrogens with zero attached hydrogens (tertiary/aromatic N) is 3. The van der Waals surface area contributed by atoms with Gasteiger partial charge in [0.2, 0.25) is 11.4 Å². The van der Waals surface area contributed by atoms with Crippen molar-refractivity contribution < 1.29 is 9.13 Å². The van der Waals surface area contributed by atoms with E-state index in [1.807, 2.05) is 0 Å². The Hall–Kier alpha value is -4.93. The number of benzene rings is 3. The van der Waals surface area contributed by atoms with Crippen molar-refractivity contribution in [3.63, 3.8) is 0 Å². The van der Waals surface area contributed by atoms with Gasteiger partial charge in [-0.1, -0.05) is 146 Å². The van der Waals surface area contributed by atoms with E-state index < -0.39 is 8.07 Å². The summed E-state index contributed by atoms with van der Waals surface area (Å²) >= 11 is 0. The van der Waals surface area contributed by atoms with Crippen LogP contribution in [0.2, 0.25) is 19.6 Å². The molecule has 0 fully saturated rings. The van der Waals surface area contributed by atoms with Crippen LogP contribution in [0.3, 0.4) is 0 Å². The molecule has 3 nitrogen and oxygen atoms in total. The molecule has 57 heavy (non-hydrogen) atoms. The molecule has 0 saturated carbocycles. The van der Waals surface area contributed by atoms with E-state index in [1.54, 1.807) is 5.19 Å². The van der Waals surface area contributed by atoms with E-state index in [9.17, 15) is 0 Å². The summed E-state index contributed by atoms with van der Waals surface area (Å²) in [7, 11) is -1.71. The second kappa shape index (κ2) is 14.8. The summed E-state index contributed by atoms with van der Waals surface area (Å²) in [5.41, 5.74) is 16.6. The number of rotatable bonds is 5. The first kappa shape index (κ1) is 38.9. The molecule has 0 radical (unpaired) electrons. The fourth-order valence-corrected chi connectivity index (χ4v) is 11.2. The lowest BCUT2D eigenvalue weighted by atomic mass is 9.77. The molecule has 290 valence electrons. The quantitative estimate of drug-likeness (QED) is 0.126. The molecule has 6 aromatic rings. The van der Waals surface area contributed by atoms with E-state index in [1.165, 1.54) is 44.6 Å². The Morgan fingerprint density at radius 1 is 0.684 bits per heavy atom. The SMILES string of the molecule is C=C1CC2C(CCc3ccc(-c4ccccc4)nc3-c3cc(CC(C)(C)C)c(-c4ccccc4)c[n+]31)c1ccccc1-c1cc(CC(C)(C)C)c([Si](C)(C)C)c[n+]12. The van der Waals surface area contributed by atoms with Crippen molar-refractivity contribution in [1.29, 1.82) is 0 Å². The fourth-order valence-electron chi connectivity index (χ4n) is 9.50. The normalized spacial score (nSPS) is 16.8. The minimum absolute atomic E-state index is 0.0978. The standard InChI is InChI=1S/C53H61N3Si/c1-36-29-47-44(42-23-17-18-24-43(42)48-31-41(33-53(5,6)7)50(35-56(47)48)57(8,9)10)27-25-39-26-28-46(38-21-15-12-16-22-38)54-51(39)49-30-40(32-52(2,3)4)45(34-55(36)49)37-19-13-11-14-20-37/h11-24,26,28,30-31,34-35,44,47H,1,25,27,29,32-33H2,2-10H3/q+2. The van der Waals surface area contributed by atoms with Gasteiger partial charge in [-0.3, -0.25) is 0 Å². The molecule has 2 aliphatic heterocycles. The van der Waals surface area contributed by atoms with Crippen molar-refractivity contribution in [3.05, 3.63) is 150 Å². The molecular formula is C53H61N3Si+2. The minimum Gasteiger partial charge on any atom is -0.241 e. The molecule has 4 heteroatoms. The predicted molar refractivity (Wildman–Crippen MR) is 242 cm³/mol. The zero-order valence-electron chi connectivity index (χ0n) is 35.8. The summed E-state index contributed by atoms with van der Waals surface area (Å²) in [6.07, 6.45) is 9.82. The number of hydrogen-bond acceptors (Lipinski definition) is 1. The van der Waals surface area contributed by atoms with Crippen LogP contribution in [0, 0.1) is 10.8 Å². The van der Waals surface area contributed by atoms with Crippen LogP contribution in [0.15, 0.2) is 128 Å². The number of fused-ring (bicyclic) bond motifs is 9. The van der Waals surface area contributed by atoms with Gasteiger partial charge in [-0.2, -0.15) is 9.13 Å². The molecule has 0 spiro atoms. The highest BCUT2D eigenvalue weighted by Gasteiger charge is 2.44. The van der Waals surface area contributed by atoms with Gasteiger partial charge in [-0.25, -0.2) is 4.98 Å². The van der Waals surface area contributed by atoms with Crippen LogP contribution in [-0.4, -0.2) is 13.1 Å². The lowest BCUT2D eigenvalue weighted by Gasteiger charge is -2.33. The lowest BCUT2D eigenvalue weighted by Crippen LogP contribution is -2.54. The molecule has 2 aliphatic rings. The van der Waals surface area contributed by atoms with Gasteiger partial charge in [0, 0.05) is 39.9 Å². The number of aryl methyl sites for hydroxylation is 1. The summed E-state index contributed by atoms with van der Waals surface area (Å²) in [6, 6.07) is 40.7. The van der Waals surface area contributed by atoms with Crippen LogP contribution in [0.5, 0.6) is 0 Å². The molecule has 0 bridgehead atoms. The summed E-state index contributed by atoms with van der Waals surface area (Å²) in [6.45, 7) is 26.7. The number of allylic oxidation sites excluding steroid dienone is 1. The average molecular weight is 768 g/mol. The van der Waals surface area contributed by atoms with Gasteiger partial charge in [-0.15, -0.1) is 0 Å². The Kier molecular flexibility index (Phi) is 10.1. The van der Waals surface area contributed by atoms with Crippen molar-refractivity contribution in [2.75, 3.05) is 0 Å². The van der Waals surface area contributed by atoms with Crippen molar-refractivity contribution in [3.8, 4) is 45.0 Å². The molecule has 0 N–H and O–H groups in total. The van der Waals surface area contributed by atoms with Gasteiger partial charge in [0.1, 0.15) is 5.69 Å². The average Bonchev–Trinajstić information content (AvgIpc) is 3.16. The Morgan fingerprint density at radius 3 is 1.96 bits per heavy atom. The van der Waals surface area contributed by atoms with Crippen LogP contribution in [-0.2, 0) is 19.3 Å². The summed E-state index contributed by atoms with van der Waals surface area (Å²) in [4.78, 5) is 5.57. The number of pyridine rings is 3. The largest absolute Gasteiger partial charge is 0.241 e. The molecule has 3 aromatic carbocycles. The minimum atomic E-state index is -1.71. The molecule has 2 atom stereocenters. The van der Waals surface area contributed by atoms with Crippen molar-refractivity contribution >= 4 is 19.0 Å². The highest BCUT2D eigenvalue weighted by molar-refractivity contribution is 6.89. The van der Waals surface area contributed by atoms with Gasteiger partial charge in [0.25, 0.3) is 0 Å². The lowest BCUT2D eigenvalue weighted by molar-refractivity contribution is -0.719. The van der Waals surface area contributed by atoms with Crippen molar-refractivity contribution in [1.82, 2.24) is 4.98 Å². The van der Waals surface area contributed by atoms with Gasteiger partial charge in [0.05, 0.1) is 20.2 Å². The monoisotopic (exact) mass is 767 g/mol. The zero-order chi connectivity index (χ0) is 40.3. The number of hydrogen-bond donors (Lipinski definition) is 0. The molecule has 0 amide bonds. The van der Waals surface area contributed by atoms with E-state index in [0.29, 0.717) is 5.92 Å². The molecule has 0 saturated heterocycles. The number of aromatic nitrogens is 3. The van der Waals surface area contributed by atoms with Gasteiger partial charge >= 0.3 is 0 Å². The molecule has 8 rings (SSSR count). The van der Waals surface area contributed by atoms with E-state index in [0.717, 1.165) is 60.4 Å². The first-order valence-electron chi connectivity index (χ1n) is 21.1. The van der Waals surface area contributed by atoms with Crippen molar-refractivity contribution in [2.24, 2.45) is 10.8 Å². The first-order chi connectivity index (χ1) is 27.0. The molecule has 3 aromatic heterocycles. The molecule has 5 heterocycles. The van der Waals surface area contributed by atoms with Gasteiger partial charge in [0.15, 0.2) is 24.1 Å². The third-order valence-corrected chi connectivity index (χ3v) is 14.0. The van der Waals surface area contributed by atoms with Crippen LogP contribution < -0.4 is 14.3 Å². The van der Waals surface area contributed by atoms with Crippen LogP contribution in [0.1, 0.15) is 88.6 Å². The maximum atomic E-state index is 5.57. The van der Waals surface area contributed by atoms with Crippen LogP contribution in [0.4, 0.5) is 0 Å². The second-order valence-corrected chi connectivity index (χ2v) is 25.2. The third kappa shape index (κ3) is 7.99. The Balaban J connectivity index is 1.38. The summed E-state index contributed by atoms with van der Waals surface area (Å²) in [5, 5.41) is 1.58. The van der Waals surface area contributed by atoms with E-state index in [4.69, 9.17) is 11.6 Å². The summed E-state index contributed by atoms with van der Waals surface area (Å²) < 4.78 is 5.12. The van der Waals surface area contributed by atoms with Crippen LogP contribution in [0.25, 0.3) is 50.7 Å². The van der Waals surface area contributed by atoms with E-state index >= 15 is 0 Å². The highest BCUT2D eigenvalue weighted by atomic mass is 28.3. The highest BCUT2D eigenvalue weighted by Crippen LogP contribution is 2.45.